The zero-order valence-corrected chi connectivity index (χ0v) is 11.1. The molecule has 106 valence electrons. The summed E-state index contributed by atoms with van der Waals surface area (Å²) in [5.74, 6) is -0.218. The van der Waals surface area contributed by atoms with Crippen molar-refractivity contribution in [2.24, 2.45) is 0 Å². The van der Waals surface area contributed by atoms with Crippen molar-refractivity contribution in [1.82, 2.24) is 5.32 Å². The molecule has 1 rings (SSSR count). The third-order valence-electron chi connectivity index (χ3n) is 2.97. The van der Waals surface area contributed by atoms with E-state index < -0.39 is 30.6 Å². The number of hydrogen-bond acceptors (Lipinski definition) is 6. The number of nitrogens with one attached hydrogen (secondary N) is 1. The first-order valence-electron chi connectivity index (χ1n) is 5.70. The van der Waals surface area contributed by atoms with Gasteiger partial charge in [-0.2, -0.15) is 0 Å². The number of amides is 1. The van der Waals surface area contributed by atoms with Crippen molar-refractivity contribution in [3.8, 4) is 0 Å². The topological polar surface area (TPSA) is 86.2 Å². The minimum atomic E-state index is -0.692. The highest BCUT2D eigenvalue weighted by Crippen LogP contribution is 2.25. The molecule has 1 aliphatic heterocycles. The third kappa shape index (κ3) is 3.18. The molecule has 18 heavy (non-hydrogen) atoms. The Morgan fingerprint density at radius 1 is 1.22 bits per heavy atom. The Balaban J connectivity index is 2.92. The van der Waals surface area contributed by atoms with E-state index in [1.165, 1.54) is 28.3 Å². The molecule has 1 heterocycles. The van der Waals surface area contributed by atoms with Gasteiger partial charge in [0.1, 0.15) is 24.4 Å². The van der Waals surface area contributed by atoms with Crippen molar-refractivity contribution in [2.45, 2.75) is 37.6 Å². The summed E-state index contributed by atoms with van der Waals surface area (Å²) < 4.78 is 21.4. The van der Waals surface area contributed by atoms with Gasteiger partial charge in [-0.15, -0.1) is 0 Å². The molecule has 2 N–H and O–H groups in total. The van der Waals surface area contributed by atoms with Gasteiger partial charge in [0.15, 0.2) is 6.29 Å². The molecule has 7 nitrogen and oxygen atoms in total. The van der Waals surface area contributed by atoms with Crippen LogP contribution in [0.1, 0.15) is 6.92 Å². The second-order valence-electron chi connectivity index (χ2n) is 4.09. The predicted molar refractivity (Wildman–Crippen MR) is 62.0 cm³/mol. The van der Waals surface area contributed by atoms with Crippen LogP contribution in [0.4, 0.5) is 0 Å². The highest BCUT2D eigenvalue weighted by molar-refractivity contribution is 5.73. The average Bonchev–Trinajstić information content (AvgIpc) is 2.36. The maximum atomic E-state index is 11.2. The lowest BCUT2D eigenvalue weighted by atomic mass is 9.96. The van der Waals surface area contributed by atoms with Crippen molar-refractivity contribution in [2.75, 3.05) is 27.9 Å². The van der Waals surface area contributed by atoms with Crippen LogP contribution in [-0.2, 0) is 23.7 Å². The fourth-order valence-electron chi connectivity index (χ4n) is 2.21. The summed E-state index contributed by atoms with van der Waals surface area (Å²) in [6.07, 6.45) is -2.20. The van der Waals surface area contributed by atoms with Crippen molar-refractivity contribution in [1.29, 1.82) is 0 Å². The van der Waals surface area contributed by atoms with Gasteiger partial charge in [0.25, 0.3) is 0 Å². The molecule has 0 bridgehead atoms. The van der Waals surface area contributed by atoms with Gasteiger partial charge in [-0.05, 0) is 0 Å². The molecule has 7 heteroatoms. The Kier molecular flexibility index (Phi) is 5.97. The Bertz CT molecular complexity index is 274. The van der Waals surface area contributed by atoms with E-state index in [1.54, 1.807) is 0 Å². The van der Waals surface area contributed by atoms with Crippen LogP contribution < -0.4 is 5.32 Å². The molecular formula is C11H21NO6. The summed E-state index contributed by atoms with van der Waals surface area (Å²) in [6.45, 7) is 1.18. The molecule has 5 unspecified atom stereocenters. The van der Waals surface area contributed by atoms with E-state index in [9.17, 15) is 9.90 Å². The smallest absolute Gasteiger partial charge is 0.217 e. The summed E-state index contributed by atoms with van der Waals surface area (Å²) >= 11 is 0. The van der Waals surface area contributed by atoms with Crippen molar-refractivity contribution >= 4 is 5.91 Å². The van der Waals surface area contributed by atoms with Crippen molar-refractivity contribution in [3.05, 3.63) is 0 Å². The lowest BCUT2D eigenvalue weighted by molar-refractivity contribution is -0.271. The lowest BCUT2D eigenvalue weighted by Crippen LogP contribution is -2.65. The molecule has 1 saturated heterocycles. The van der Waals surface area contributed by atoms with E-state index in [2.05, 4.69) is 5.32 Å². The van der Waals surface area contributed by atoms with Gasteiger partial charge in [0.05, 0.1) is 6.61 Å². The molecule has 0 aromatic carbocycles. The van der Waals surface area contributed by atoms with E-state index in [0.29, 0.717) is 0 Å². The Morgan fingerprint density at radius 2 is 1.83 bits per heavy atom. The average molecular weight is 263 g/mol. The van der Waals surface area contributed by atoms with Crippen LogP contribution in [0.5, 0.6) is 0 Å². The first-order chi connectivity index (χ1) is 8.58. The SMILES string of the molecule is COC1OC(CO)C(OC)C(OC)C1NC(C)=O. The molecule has 1 amide bonds. The number of hydrogen-bond donors (Lipinski definition) is 2. The molecule has 0 saturated carbocycles. The van der Waals surface area contributed by atoms with Crippen molar-refractivity contribution in [3.63, 3.8) is 0 Å². The van der Waals surface area contributed by atoms with E-state index in [4.69, 9.17) is 18.9 Å². The normalized spacial score (nSPS) is 36.4. The number of carbonyl (C=O) groups excluding carboxylic acids is 1. The van der Waals surface area contributed by atoms with Gasteiger partial charge >= 0.3 is 0 Å². The first-order valence-corrected chi connectivity index (χ1v) is 5.70. The Hall–Kier alpha value is -0.730. The molecule has 1 fully saturated rings. The summed E-state index contributed by atoms with van der Waals surface area (Å²) in [5, 5.41) is 12.0. The fraction of sp³-hybridized carbons (Fsp3) is 0.909. The summed E-state index contributed by atoms with van der Waals surface area (Å²) in [6, 6.07) is -0.495. The molecule has 0 aliphatic carbocycles. The van der Waals surface area contributed by atoms with Gasteiger partial charge < -0.3 is 29.4 Å². The van der Waals surface area contributed by atoms with Gasteiger partial charge in [0, 0.05) is 28.3 Å². The monoisotopic (exact) mass is 263 g/mol. The van der Waals surface area contributed by atoms with Gasteiger partial charge in [-0.1, -0.05) is 0 Å². The largest absolute Gasteiger partial charge is 0.394 e. The van der Waals surface area contributed by atoms with E-state index >= 15 is 0 Å². The van der Waals surface area contributed by atoms with Crippen LogP contribution in [0.25, 0.3) is 0 Å². The number of aliphatic hydroxyl groups is 1. The molecule has 0 aromatic rings. The van der Waals surface area contributed by atoms with E-state index in [-0.39, 0.29) is 12.5 Å². The minimum Gasteiger partial charge on any atom is -0.394 e. The Labute approximate surface area is 106 Å². The van der Waals surface area contributed by atoms with Crippen LogP contribution in [0.15, 0.2) is 0 Å². The maximum absolute atomic E-state index is 11.2. The summed E-state index contributed by atoms with van der Waals surface area (Å²) in [7, 11) is 4.48. The molecular weight excluding hydrogens is 242 g/mol. The molecule has 1 aliphatic rings. The van der Waals surface area contributed by atoms with Gasteiger partial charge in [0.2, 0.25) is 5.91 Å². The van der Waals surface area contributed by atoms with Crippen LogP contribution in [0.2, 0.25) is 0 Å². The van der Waals surface area contributed by atoms with Gasteiger partial charge in [-0.25, -0.2) is 0 Å². The molecule has 0 aromatic heterocycles. The molecule has 0 spiro atoms. The first kappa shape index (κ1) is 15.3. The van der Waals surface area contributed by atoms with Crippen LogP contribution in [-0.4, -0.2) is 69.6 Å². The zero-order valence-electron chi connectivity index (χ0n) is 11.1. The molecule has 5 atom stereocenters. The lowest BCUT2D eigenvalue weighted by Gasteiger charge is -2.44. The van der Waals surface area contributed by atoms with E-state index in [1.807, 2.05) is 0 Å². The third-order valence-corrected chi connectivity index (χ3v) is 2.97. The van der Waals surface area contributed by atoms with E-state index in [0.717, 1.165) is 0 Å². The standard InChI is InChI=1S/C11H21NO6/c1-6(14)12-8-10(16-3)9(15-2)7(5-13)18-11(8)17-4/h7-11,13H,5H2,1-4H3,(H,12,14). The number of carbonyl (C=O) groups is 1. The fourth-order valence-corrected chi connectivity index (χ4v) is 2.21. The van der Waals surface area contributed by atoms with Gasteiger partial charge in [-0.3, -0.25) is 4.79 Å². The maximum Gasteiger partial charge on any atom is 0.217 e. The minimum absolute atomic E-state index is 0.217. The summed E-state index contributed by atoms with van der Waals surface area (Å²) in [4.78, 5) is 11.2. The second-order valence-corrected chi connectivity index (χ2v) is 4.09. The Morgan fingerprint density at radius 3 is 2.22 bits per heavy atom. The number of aliphatic hydroxyl groups excluding tert-OH is 1. The quantitative estimate of drug-likeness (QED) is 0.654. The van der Waals surface area contributed by atoms with Crippen molar-refractivity contribution < 1.29 is 28.8 Å². The number of methoxy groups -OCH3 is 3. The van der Waals surface area contributed by atoms with Crippen LogP contribution in [0, 0.1) is 0 Å². The molecule has 0 radical (unpaired) electrons. The number of rotatable bonds is 5. The predicted octanol–water partition coefficient (Wildman–Crippen LogP) is -1.12. The second kappa shape index (κ2) is 7.01. The van der Waals surface area contributed by atoms with Crippen LogP contribution in [0.3, 0.4) is 0 Å². The zero-order chi connectivity index (χ0) is 13.7. The highest BCUT2D eigenvalue weighted by atomic mass is 16.7. The number of ether oxygens (including phenoxy) is 4. The summed E-state index contributed by atoms with van der Waals surface area (Å²) in [5.41, 5.74) is 0. The van der Waals surface area contributed by atoms with Crippen LogP contribution >= 0.6 is 0 Å². The highest BCUT2D eigenvalue weighted by Gasteiger charge is 2.47.